The van der Waals surface area contributed by atoms with Gasteiger partial charge in [-0.1, -0.05) is 0 Å². The van der Waals surface area contributed by atoms with Crippen molar-refractivity contribution < 1.29 is 9.90 Å². The van der Waals surface area contributed by atoms with Crippen LogP contribution in [0.2, 0.25) is 0 Å². The summed E-state index contributed by atoms with van der Waals surface area (Å²) >= 11 is 1.50. The molecule has 2 nitrogen and oxygen atoms in total. The number of rotatable bonds is 1. The molecule has 0 aliphatic heterocycles. The number of hydrogen-bond acceptors (Lipinski definition) is 3. The van der Waals surface area contributed by atoms with Gasteiger partial charge in [0.1, 0.15) is 0 Å². The average Bonchev–Trinajstić information content (AvgIpc) is 2.80. The zero-order valence-corrected chi connectivity index (χ0v) is 12.1. The average molecular weight is 289 g/mol. The summed E-state index contributed by atoms with van der Waals surface area (Å²) in [6, 6.07) is 11.1. The molecule has 0 aliphatic rings. The van der Waals surface area contributed by atoms with Gasteiger partial charge in [0.25, 0.3) is 0 Å². The minimum absolute atomic E-state index is 0.0419. The van der Waals surface area contributed by atoms with Crippen molar-refractivity contribution in [3.63, 3.8) is 0 Å². The fraction of sp³-hybridized carbons (Fsp3) is 0.0588. The van der Waals surface area contributed by atoms with Crippen molar-refractivity contribution >= 4 is 56.2 Å². The Morgan fingerprint density at radius 3 is 2.67 bits per heavy atom. The molecule has 1 heterocycles. The van der Waals surface area contributed by atoms with Crippen LogP contribution in [-0.4, -0.2) is 18.4 Å². The standard InChI is InChI=1S/C17H10BO2S/c1-8(19)9-2-3-10-7-13-14(20)5-4-11-15(13)16(12(10)6-9)21-17(11)18/h2-7,20H,1H3. The molecule has 3 aromatic carbocycles. The van der Waals surface area contributed by atoms with E-state index in [2.05, 4.69) is 0 Å². The van der Waals surface area contributed by atoms with Crippen LogP contribution < -0.4 is 0 Å². The van der Waals surface area contributed by atoms with Crippen LogP contribution in [0.5, 0.6) is 5.75 Å². The van der Waals surface area contributed by atoms with Crippen molar-refractivity contribution in [2.75, 3.05) is 0 Å². The molecule has 4 heteroatoms. The number of carbonyl (C=O) groups excluding carboxylic acids is 1. The van der Waals surface area contributed by atoms with Gasteiger partial charge in [-0.05, 0) is 0 Å². The summed E-state index contributed by atoms with van der Waals surface area (Å²) in [6.07, 6.45) is 0. The van der Waals surface area contributed by atoms with E-state index in [4.69, 9.17) is 7.49 Å². The molecule has 0 amide bonds. The molecule has 4 aromatic rings. The molecule has 99 valence electrons. The van der Waals surface area contributed by atoms with E-state index in [-0.39, 0.29) is 11.5 Å². The van der Waals surface area contributed by atoms with Gasteiger partial charge in [0.15, 0.2) is 0 Å². The van der Waals surface area contributed by atoms with E-state index in [1.165, 1.54) is 11.3 Å². The number of hydrogen-bond donors (Lipinski definition) is 1. The maximum absolute atomic E-state index is 11.6. The fourth-order valence-electron chi connectivity index (χ4n) is 2.86. The second-order valence-electron chi connectivity index (χ2n) is 5.22. The molecule has 4 rings (SSSR count). The van der Waals surface area contributed by atoms with Crippen molar-refractivity contribution in [1.82, 2.24) is 0 Å². The molecule has 0 bridgehead atoms. The van der Waals surface area contributed by atoms with Gasteiger partial charge in [0.05, 0.1) is 0 Å². The van der Waals surface area contributed by atoms with Crippen LogP contribution in [0.1, 0.15) is 17.3 Å². The Bertz CT molecular complexity index is 1090. The quantitative estimate of drug-likeness (QED) is 0.323. The molecule has 0 saturated heterocycles. The molecule has 0 unspecified atom stereocenters. The summed E-state index contributed by atoms with van der Waals surface area (Å²) < 4.78 is 1.75. The first kappa shape index (κ1) is 12.5. The number of phenols is 1. The maximum atomic E-state index is 11.6. The van der Waals surface area contributed by atoms with Crippen molar-refractivity contribution in [1.29, 1.82) is 0 Å². The summed E-state index contributed by atoms with van der Waals surface area (Å²) in [4.78, 5) is 11.6. The van der Waals surface area contributed by atoms with Crippen LogP contribution in [-0.2, 0) is 0 Å². The van der Waals surface area contributed by atoms with Gasteiger partial charge < -0.3 is 0 Å². The van der Waals surface area contributed by atoms with Gasteiger partial charge in [0.2, 0.25) is 0 Å². The molecular weight excluding hydrogens is 279 g/mol. The summed E-state index contributed by atoms with van der Waals surface area (Å²) in [5.74, 6) is 0.295. The number of phenolic OH excluding ortho intramolecular Hbond substituents is 1. The third-order valence-corrected chi connectivity index (χ3v) is 5.00. The van der Waals surface area contributed by atoms with Crippen LogP contribution in [0, 0.1) is 4.42 Å². The van der Waals surface area contributed by atoms with Crippen LogP contribution >= 0.6 is 11.3 Å². The Morgan fingerprint density at radius 2 is 1.90 bits per heavy atom. The van der Waals surface area contributed by atoms with Gasteiger partial charge in [-0.2, -0.15) is 0 Å². The molecule has 1 radical (unpaired) electrons. The molecule has 0 saturated carbocycles. The second kappa shape index (κ2) is 4.15. The zero-order valence-electron chi connectivity index (χ0n) is 11.3. The number of ketones is 1. The van der Waals surface area contributed by atoms with Gasteiger partial charge in [-0.25, -0.2) is 0 Å². The van der Waals surface area contributed by atoms with E-state index in [1.807, 2.05) is 30.3 Å². The topological polar surface area (TPSA) is 37.3 Å². The third kappa shape index (κ3) is 1.66. The predicted molar refractivity (Wildman–Crippen MR) is 88.7 cm³/mol. The van der Waals surface area contributed by atoms with E-state index >= 15 is 0 Å². The molecule has 0 atom stereocenters. The van der Waals surface area contributed by atoms with Crippen molar-refractivity contribution in [2.45, 2.75) is 6.92 Å². The normalized spacial score (nSPS) is 11.6. The molecule has 1 aromatic heterocycles. The van der Waals surface area contributed by atoms with E-state index in [9.17, 15) is 9.90 Å². The Labute approximate surface area is 125 Å². The zero-order chi connectivity index (χ0) is 14.7. The predicted octanol–water partition coefficient (Wildman–Crippen LogP) is 4.25. The second-order valence-corrected chi connectivity index (χ2v) is 6.27. The number of aromatic hydroxyl groups is 1. The van der Waals surface area contributed by atoms with Gasteiger partial charge in [0, 0.05) is 0 Å². The van der Waals surface area contributed by atoms with Crippen LogP contribution in [0.15, 0.2) is 36.4 Å². The van der Waals surface area contributed by atoms with Crippen LogP contribution in [0.4, 0.5) is 0 Å². The van der Waals surface area contributed by atoms with Crippen LogP contribution in [0.25, 0.3) is 31.6 Å². The molecule has 0 fully saturated rings. The molecule has 1 N–H and O–H groups in total. The summed E-state index contributed by atoms with van der Waals surface area (Å²) in [5, 5.41) is 14.9. The summed E-state index contributed by atoms with van der Waals surface area (Å²) in [7, 11) is 6.11. The monoisotopic (exact) mass is 289 g/mol. The van der Waals surface area contributed by atoms with Crippen molar-refractivity contribution in [2.24, 2.45) is 0 Å². The van der Waals surface area contributed by atoms with Crippen LogP contribution in [0.3, 0.4) is 0 Å². The van der Waals surface area contributed by atoms with Gasteiger partial charge >= 0.3 is 125 Å². The SMILES string of the molecule is [B]=c1sc2c3cc(C(C)=O)ccc3cc3c(O)ccc1c32. The molecule has 21 heavy (non-hydrogen) atoms. The first-order valence-electron chi connectivity index (χ1n) is 6.60. The number of thiophene rings is 1. The first-order chi connectivity index (χ1) is 10.1. The first-order valence-corrected chi connectivity index (χ1v) is 7.42. The Kier molecular flexibility index (Phi) is 2.48. The Balaban J connectivity index is 2.32. The van der Waals surface area contributed by atoms with Gasteiger partial charge in [-0.3, -0.25) is 0 Å². The Morgan fingerprint density at radius 1 is 1.10 bits per heavy atom. The van der Waals surface area contributed by atoms with Crippen molar-refractivity contribution in [3.05, 3.63) is 46.4 Å². The van der Waals surface area contributed by atoms with E-state index in [0.29, 0.717) is 5.56 Å². The van der Waals surface area contributed by atoms with E-state index < -0.39 is 0 Å². The number of benzene rings is 3. The molecular formula is C17H10BO2S. The third-order valence-electron chi connectivity index (χ3n) is 3.93. The van der Waals surface area contributed by atoms with E-state index in [1.54, 1.807) is 13.0 Å². The number of carbonyl (C=O) groups is 1. The van der Waals surface area contributed by atoms with Crippen molar-refractivity contribution in [3.8, 4) is 5.75 Å². The van der Waals surface area contributed by atoms with E-state index in [0.717, 1.165) is 36.1 Å². The molecule has 0 spiro atoms. The fourth-order valence-corrected chi connectivity index (χ4v) is 3.97. The minimum atomic E-state index is 0.0419. The number of fused-ring (bicyclic) bond motifs is 2. The Hall–Kier alpha value is -2.20. The van der Waals surface area contributed by atoms with Gasteiger partial charge in [-0.15, -0.1) is 0 Å². The molecule has 0 aliphatic carbocycles. The summed E-state index contributed by atoms with van der Waals surface area (Å²) in [6.45, 7) is 1.56. The number of Topliss-reactive ketones (excluding diaryl/α,β-unsaturated/α-hetero) is 1. The summed E-state index contributed by atoms with van der Waals surface area (Å²) in [5.41, 5.74) is 0.686.